The molecule has 0 radical (unpaired) electrons. The molecular formula is C19H13F5N2O3. The first-order chi connectivity index (χ1) is 13.6. The minimum Gasteiger partial charge on any atom is -0.458 e. The Hall–Kier alpha value is -3.43. The number of aromatic nitrogens is 1. The van der Waals surface area contributed by atoms with Crippen molar-refractivity contribution in [1.29, 1.82) is 0 Å². The number of ether oxygens (including phenoxy) is 1. The van der Waals surface area contributed by atoms with Crippen molar-refractivity contribution in [3.05, 3.63) is 81.5 Å². The average molecular weight is 412 g/mol. The second kappa shape index (κ2) is 7.90. The summed E-state index contributed by atoms with van der Waals surface area (Å²) in [5.41, 5.74) is -2.15. The van der Waals surface area contributed by atoms with Crippen LogP contribution in [-0.4, -0.2) is 10.9 Å². The first kappa shape index (κ1) is 20.3. The summed E-state index contributed by atoms with van der Waals surface area (Å²) in [7, 11) is 0. The van der Waals surface area contributed by atoms with E-state index in [4.69, 9.17) is 4.74 Å². The van der Waals surface area contributed by atoms with Gasteiger partial charge < -0.3 is 15.0 Å². The molecule has 1 aromatic carbocycles. The summed E-state index contributed by atoms with van der Waals surface area (Å²) in [4.78, 5) is 26.2. The van der Waals surface area contributed by atoms with Gasteiger partial charge >= 0.3 is 6.18 Å². The van der Waals surface area contributed by atoms with Gasteiger partial charge in [0, 0.05) is 36.9 Å². The second-order valence-corrected chi connectivity index (χ2v) is 6.07. The molecule has 29 heavy (non-hydrogen) atoms. The zero-order valence-electron chi connectivity index (χ0n) is 14.6. The number of H-pyrrole nitrogens is 1. The number of allylic oxidation sites excluding steroid dienone is 4. The number of nitrogens with one attached hydrogen (secondary N) is 2. The van der Waals surface area contributed by atoms with Gasteiger partial charge in [0.2, 0.25) is 5.56 Å². The Morgan fingerprint density at radius 3 is 2.52 bits per heavy atom. The lowest BCUT2D eigenvalue weighted by atomic mass is 10.1. The standard InChI is InChI=1S/C19H13F5N2O3/c20-11-2-4-16(14(21)8-11)29-15-3-1-10(19(22,23)24)7-13(15)18(28)26-12-5-6-25-17(27)9-12/h1,3,5-9H,2,4H2,(H2,25,26,27,28). The van der Waals surface area contributed by atoms with Crippen LogP contribution in [0.15, 0.2) is 64.8 Å². The van der Waals surface area contributed by atoms with E-state index in [2.05, 4.69) is 10.3 Å². The van der Waals surface area contributed by atoms with Crippen LogP contribution >= 0.6 is 0 Å². The molecule has 2 N–H and O–H groups in total. The van der Waals surface area contributed by atoms with Crippen LogP contribution < -0.4 is 15.6 Å². The number of carbonyl (C=O) groups excluding carboxylic acids is 1. The van der Waals surface area contributed by atoms with Crippen molar-refractivity contribution in [2.45, 2.75) is 19.0 Å². The van der Waals surface area contributed by atoms with Gasteiger partial charge in [0.25, 0.3) is 5.91 Å². The van der Waals surface area contributed by atoms with Crippen molar-refractivity contribution in [1.82, 2.24) is 4.98 Å². The molecule has 0 atom stereocenters. The van der Waals surface area contributed by atoms with Gasteiger partial charge in [-0.3, -0.25) is 9.59 Å². The Morgan fingerprint density at radius 2 is 1.86 bits per heavy atom. The van der Waals surface area contributed by atoms with Crippen LogP contribution in [0.5, 0.6) is 5.75 Å². The molecule has 0 spiro atoms. The van der Waals surface area contributed by atoms with E-state index in [0.717, 1.165) is 12.1 Å². The summed E-state index contributed by atoms with van der Waals surface area (Å²) >= 11 is 0. The quantitative estimate of drug-likeness (QED) is 0.705. The van der Waals surface area contributed by atoms with Gasteiger partial charge in [-0.2, -0.15) is 13.2 Å². The molecule has 1 aliphatic rings. The minimum absolute atomic E-state index is 0.0372. The van der Waals surface area contributed by atoms with Crippen molar-refractivity contribution in [2.24, 2.45) is 0 Å². The fraction of sp³-hybridized carbons (Fsp3) is 0.158. The highest BCUT2D eigenvalue weighted by Crippen LogP contribution is 2.35. The summed E-state index contributed by atoms with van der Waals surface area (Å²) in [6, 6.07) is 4.46. The molecule has 1 amide bonds. The molecule has 1 aromatic heterocycles. The fourth-order valence-electron chi connectivity index (χ4n) is 2.57. The van der Waals surface area contributed by atoms with Crippen molar-refractivity contribution < 1.29 is 31.5 Å². The number of amides is 1. The molecule has 0 saturated carbocycles. The Kier molecular flexibility index (Phi) is 5.53. The van der Waals surface area contributed by atoms with Crippen LogP contribution in [0.4, 0.5) is 27.6 Å². The maximum absolute atomic E-state index is 13.9. The van der Waals surface area contributed by atoms with Crippen LogP contribution in [0, 0.1) is 0 Å². The van der Waals surface area contributed by atoms with Gasteiger partial charge in [-0.1, -0.05) is 0 Å². The van der Waals surface area contributed by atoms with Gasteiger partial charge in [0.05, 0.1) is 11.1 Å². The van der Waals surface area contributed by atoms with E-state index in [9.17, 15) is 31.5 Å². The van der Waals surface area contributed by atoms with Gasteiger partial charge in [-0.15, -0.1) is 0 Å². The maximum Gasteiger partial charge on any atom is 0.416 e. The summed E-state index contributed by atoms with van der Waals surface area (Å²) in [5.74, 6) is -3.38. The summed E-state index contributed by atoms with van der Waals surface area (Å²) < 4.78 is 71.5. The highest BCUT2D eigenvalue weighted by molar-refractivity contribution is 6.06. The zero-order valence-corrected chi connectivity index (χ0v) is 14.6. The average Bonchev–Trinajstić information content (AvgIpc) is 2.63. The topological polar surface area (TPSA) is 71.2 Å². The molecule has 152 valence electrons. The number of anilines is 1. The maximum atomic E-state index is 13.9. The monoisotopic (exact) mass is 412 g/mol. The Balaban J connectivity index is 1.99. The third-order valence-corrected chi connectivity index (χ3v) is 3.96. The lowest BCUT2D eigenvalue weighted by Crippen LogP contribution is -2.17. The Bertz CT molecular complexity index is 1070. The van der Waals surface area contributed by atoms with Crippen LogP contribution in [0.2, 0.25) is 0 Å². The lowest BCUT2D eigenvalue weighted by Gasteiger charge is -2.17. The molecular weight excluding hydrogens is 399 g/mol. The summed E-state index contributed by atoms with van der Waals surface area (Å²) in [6.07, 6.45) is -3.19. The van der Waals surface area contributed by atoms with Crippen molar-refractivity contribution >= 4 is 11.6 Å². The second-order valence-electron chi connectivity index (χ2n) is 6.07. The number of aromatic amines is 1. The Labute approximate surface area is 160 Å². The smallest absolute Gasteiger partial charge is 0.416 e. The number of hydrogen-bond acceptors (Lipinski definition) is 3. The van der Waals surface area contributed by atoms with Crippen LogP contribution in [0.1, 0.15) is 28.8 Å². The first-order valence-corrected chi connectivity index (χ1v) is 8.27. The molecule has 1 aliphatic carbocycles. The third-order valence-electron chi connectivity index (χ3n) is 3.96. The molecule has 0 unspecified atom stereocenters. The first-order valence-electron chi connectivity index (χ1n) is 8.27. The van der Waals surface area contributed by atoms with E-state index >= 15 is 0 Å². The molecule has 2 aromatic rings. The number of alkyl halides is 3. The summed E-state index contributed by atoms with van der Waals surface area (Å²) in [5, 5.41) is 2.29. The molecule has 5 nitrogen and oxygen atoms in total. The number of rotatable bonds is 4. The molecule has 0 bridgehead atoms. The van der Waals surface area contributed by atoms with Crippen LogP contribution in [0.25, 0.3) is 0 Å². The molecule has 0 saturated heterocycles. The molecule has 0 aliphatic heterocycles. The van der Waals surface area contributed by atoms with Crippen LogP contribution in [-0.2, 0) is 6.18 Å². The normalized spacial score (nSPS) is 14.4. The Morgan fingerprint density at radius 1 is 1.10 bits per heavy atom. The van der Waals surface area contributed by atoms with Crippen LogP contribution in [0.3, 0.4) is 0 Å². The van der Waals surface area contributed by atoms with Gasteiger partial charge in [0.15, 0.2) is 5.83 Å². The van der Waals surface area contributed by atoms with Crippen molar-refractivity contribution in [2.75, 3.05) is 5.32 Å². The summed E-state index contributed by atoms with van der Waals surface area (Å²) in [6.45, 7) is 0. The van der Waals surface area contributed by atoms with Gasteiger partial charge in [-0.25, -0.2) is 8.78 Å². The fourth-order valence-corrected chi connectivity index (χ4v) is 2.57. The van der Waals surface area contributed by atoms with Gasteiger partial charge in [-0.05, 0) is 24.3 Å². The number of hydrogen-bond donors (Lipinski definition) is 2. The molecule has 3 rings (SSSR count). The highest BCUT2D eigenvalue weighted by atomic mass is 19.4. The SMILES string of the molecule is O=C(Nc1cc[nH]c(=O)c1)c1cc(C(F)(F)F)ccc1OC1=C(F)C=C(F)CC1. The minimum atomic E-state index is -4.74. The van der Waals surface area contributed by atoms with E-state index < -0.39 is 40.4 Å². The van der Waals surface area contributed by atoms with E-state index in [1.54, 1.807) is 0 Å². The largest absolute Gasteiger partial charge is 0.458 e. The molecule has 0 fully saturated rings. The van der Waals surface area contributed by atoms with E-state index in [-0.39, 0.29) is 30.0 Å². The van der Waals surface area contributed by atoms with Crippen molar-refractivity contribution in [3.8, 4) is 5.75 Å². The lowest BCUT2D eigenvalue weighted by molar-refractivity contribution is -0.137. The number of carbonyl (C=O) groups is 1. The van der Waals surface area contributed by atoms with E-state index in [1.807, 2.05) is 0 Å². The van der Waals surface area contributed by atoms with Gasteiger partial charge in [0.1, 0.15) is 17.3 Å². The number of halogens is 5. The number of pyridine rings is 1. The van der Waals surface area contributed by atoms with E-state index in [1.165, 1.54) is 12.3 Å². The number of benzene rings is 1. The third kappa shape index (κ3) is 4.89. The molecule has 10 heteroatoms. The van der Waals surface area contributed by atoms with Crippen molar-refractivity contribution in [3.63, 3.8) is 0 Å². The highest BCUT2D eigenvalue weighted by Gasteiger charge is 2.32. The molecule has 1 heterocycles. The zero-order chi connectivity index (χ0) is 21.2. The predicted molar refractivity (Wildman–Crippen MR) is 93.6 cm³/mol. The van der Waals surface area contributed by atoms with E-state index in [0.29, 0.717) is 18.2 Å². The predicted octanol–water partition coefficient (Wildman–Crippen LogP) is 4.85.